The Morgan fingerprint density at radius 3 is 2.47 bits per heavy atom. The summed E-state index contributed by atoms with van der Waals surface area (Å²) in [6.07, 6.45) is 3.48. The van der Waals surface area contributed by atoms with E-state index in [1.807, 2.05) is 70.5 Å². The number of rotatable bonds is 5. The summed E-state index contributed by atoms with van der Waals surface area (Å²) < 4.78 is 5.49. The molecule has 3 saturated heterocycles. The SMILES string of the molecule is Cc1onc(-c2ccccc2)c1C(=O)N1C[C@@H]2C[C@H](C1)[C@@H]1CCCC(=O)N[C@@H](CCc3ccccc3)C(=O)N[C@H](C)C(=O)N1C2. The Labute approximate surface area is 263 Å². The zero-order valence-corrected chi connectivity index (χ0v) is 25.9. The third-order valence-electron chi connectivity index (χ3n) is 9.51. The smallest absolute Gasteiger partial charge is 0.259 e. The van der Waals surface area contributed by atoms with Gasteiger partial charge >= 0.3 is 0 Å². The topological polar surface area (TPSA) is 125 Å². The van der Waals surface area contributed by atoms with Crippen molar-refractivity contribution >= 4 is 23.6 Å². The summed E-state index contributed by atoms with van der Waals surface area (Å²) in [5.74, 6) is -0.0989. The minimum atomic E-state index is -0.736. The van der Waals surface area contributed by atoms with E-state index < -0.39 is 12.1 Å². The van der Waals surface area contributed by atoms with Crippen LogP contribution in [0.4, 0.5) is 0 Å². The first-order valence-corrected chi connectivity index (χ1v) is 16.0. The summed E-state index contributed by atoms with van der Waals surface area (Å²) in [6.45, 7) is 5.01. The summed E-state index contributed by atoms with van der Waals surface area (Å²) >= 11 is 0. The highest BCUT2D eigenvalue weighted by Gasteiger charge is 2.45. The van der Waals surface area contributed by atoms with Gasteiger partial charge in [-0.25, -0.2) is 0 Å². The van der Waals surface area contributed by atoms with Crippen LogP contribution in [0.3, 0.4) is 0 Å². The van der Waals surface area contributed by atoms with E-state index in [0.29, 0.717) is 62.3 Å². The molecule has 1 aromatic heterocycles. The molecule has 2 N–H and O–H groups in total. The van der Waals surface area contributed by atoms with E-state index in [2.05, 4.69) is 15.8 Å². The molecule has 2 bridgehead atoms. The zero-order chi connectivity index (χ0) is 31.5. The first-order valence-electron chi connectivity index (χ1n) is 16.0. The molecule has 5 atom stereocenters. The van der Waals surface area contributed by atoms with Crippen LogP contribution in [0.1, 0.15) is 60.7 Å². The average molecular weight is 612 g/mol. The molecule has 3 aromatic rings. The van der Waals surface area contributed by atoms with Gasteiger partial charge in [0.05, 0.1) is 0 Å². The second-order valence-electron chi connectivity index (χ2n) is 12.7. The molecular weight excluding hydrogens is 570 g/mol. The van der Waals surface area contributed by atoms with Crippen LogP contribution >= 0.6 is 0 Å². The molecule has 4 heterocycles. The number of carbonyl (C=O) groups is 4. The number of nitrogens with zero attached hydrogens (tertiary/aromatic N) is 3. The van der Waals surface area contributed by atoms with E-state index in [4.69, 9.17) is 4.52 Å². The van der Waals surface area contributed by atoms with Gasteiger partial charge < -0.3 is 25.0 Å². The number of carbonyl (C=O) groups excluding carboxylic acids is 4. The van der Waals surface area contributed by atoms with Crippen LogP contribution in [0.15, 0.2) is 65.2 Å². The van der Waals surface area contributed by atoms with Crippen LogP contribution in [0.5, 0.6) is 0 Å². The van der Waals surface area contributed by atoms with Gasteiger partial charge in [0.2, 0.25) is 17.7 Å². The molecule has 10 heteroatoms. The van der Waals surface area contributed by atoms with Crippen molar-refractivity contribution in [2.75, 3.05) is 19.6 Å². The largest absolute Gasteiger partial charge is 0.360 e. The fourth-order valence-corrected chi connectivity index (χ4v) is 7.30. The molecule has 0 spiro atoms. The molecule has 6 rings (SSSR count). The molecule has 0 saturated carbocycles. The van der Waals surface area contributed by atoms with Crippen molar-refractivity contribution < 1.29 is 23.7 Å². The van der Waals surface area contributed by atoms with Gasteiger partial charge in [0.1, 0.15) is 29.1 Å². The van der Waals surface area contributed by atoms with E-state index in [1.165, 1.54) is 0 Å². The molecule has 10 nitrogen and oxygen atoms in total. The van der Waals surface area contributed by atoms with Gasteiger partial charge in [-0.1, -0.05) is 65.8 Å². The number of hydrogen-bond acceptors (Lipinski definition) is 6. The third-order valence-corrected chi connectivity index (χ3v) is 9.51. The molecule has 236 valence electrons. The van der Waals surface area contributed by atoms with E-state index in [-0.39, 0.29) is 47.9 Å². The lowest BCUT2D eigenvalue weighted by Gasteiger charge is -2.51. The van der Waals surface area contributed by atoms with E-state index in [9.17, 15) is 19.2 Å². The lowest BCUT2D eigenvalue weighted by atomic mass is 9.77. The monoisotopic (exact) mass is 611 g/mol. The molecule has 0 aliphatic carbocycles. The normalized spacial score (nSPS) is 25.8. The summed E-state index contributed by atoms with van der Waals surface area (Å²) in [4.78, 5) is 58.0. The van der Waals surface area contributed by atoms with Gasteiger partial charge in [-0.2, -0.15) is 0 Å². The van der Waals surface area contributed by atoms with Crippen molar-refractivity contribution in [2.24, 2.45) is 11.8 Å². The number of piperidine rings is 2. The number of benzene rings is 2. The molecule has 2 aromatic carbocycles. The molecule has 4 amide bonds. The number of hydrogen-bond donors (Lipinski definition) is 2. The summed E-state index contributed by atoms with van der Waals surface area (Å²) in [5, 5.41) is 10.0. The Kier molecular flexibility index (Phi) is 9.00. The summed E-state index contributed by atoms with van der Waals surface area (Å²) in [5.41, 5.74) is 2.92. The molecular formula is C35H41N5O5. The van der Waals surface area contributed by atoms with Crippen LogP contribution in [0, 0.1) is 18.8 Å². The van der Waals surface area contributed by atoms with Gasteiger partial charge in [0.15, 0.2) is 0 Å². The number of amides is 4. The van der Waals surface area contributed by atoms with Crippen LogP contribution in [0.2, 0.25) is 0 Å². The van der Waals surface area contributed by atoms with Crippen molar-refractivity contribution in [3.05, 3.63) is 77.6 Å². The Hall–Kier alpha value is -4.47. The highest BCUT2D eigenvalue weighted by atomic mass is 16.5. The van der Waals surface area contributed by atoms with Crippen molar-refractivity contribution in [1.82, 2.24) is 25.6 Å². The minimum Gasteiger partial charge on any atom is -0.360 e. The Morgan fingerprint density at radius 2 is 1.71 bits per heavy atom. The van der Waals surface area contributed by atoms with Crippen molar-refractivity contribution in [3.63, 3.8) is 0 Å². The van der Waals surface area contributed by atoms with E-state index >= 15 is 0 Å². The zero-order valence-electron chi connectivity index (χ0n) is 25.9. The number of nitrogens with one attached hydrogen (secondary N) is 2. The maximum atomic E-state index is 14.0. The van der Waals surface area contributed by atoms with Crippen molar-refractivity contribution in [2.45, 2.75) is 70.5 Å². The third kappa shape index (κ3) is 6.65. The fraction of sp³-hybridized carbons (Fsp3) is 0.457. The molecule has 3 aliphatic heterocycles. The van der Waals surface area contributed by atoms with Crippen molar-refractivity contribution in [1.29, 1.82) is 0 Å². The fourth-order valence-electron chi connectivity index (χ4n) is 7.30. The molecule has 45 heavy (non-hydrogen) atoms. The lowest BCUT2D eigenvalue weighted by Crippen LogP contribution is -2.63. The van der Waals surface area contributed by atoms with Crippen LogP contribution in [-0.2, 0) is 20.8 Å². The summed E-state index contributed by atoms with van der Waals surface area (Å²) in [7, 11) is 0. The predicted octanol–water partition coefficient (Wildman–Crippen LogP) is 3.75. The Balaban J connectivity index is 1.18. The van der Waals surface area contributed by atoms with Crippen LogP contribution in [-0.4, -0.2) is 76.3 Å². The first-order chi connectivity index (χ1) is 21.8. The molecule has 0 radical (unpaired) electrons. The van der Waals surface area contributed by atoms with Gasteiger partial charge in [0, 0.05) is 37.7 Å². The highest BCUT2D eigenvalue weighted by molar-refractivity contribution is 6.01. The van der Waals surface area contributed by atoms with E-state index in [1.54, 1.807) is 13.8 Å². The molecule has 3 aliphatic rings. The average Bonchev–Trinajstić information content (AvgIpc) is 3.44. The second-order valence-corrected chi connectivity index (χ2v) is 12.7. The van der Waals surface area contributed by atoms with Gasteiger partial charge in [-0.05, 0) is 63.4 Å². The quantitative estimate of drug-likeness (QED) is 0.453. The van der Waals surface area contributed by atoms with Crippen LogP contribution in [0.25, 0.3) is 11.3 Å². The lowest BCUT2D eigenvalue weighted by molar-refractivity contribution is -0.145. The molecule has 3 fully saturated rings. The van der Waals surface area contributed by atoms with Crippen molar-refractivity contribution in [3.8, 4) is 11.3 Å². The van der Waals surface area contributed by atoms with Gasteiger partial charge in [-0.15, -0.1) is 0 Å². The maximum absolute atomic E-state index is 14.0. The summed E-state index contributed by atoms with van der Waals surface area (Å²) in [6, 6.07) is 17.8. The minimum absolute atomic E-state index is 0.0539. The maximum Gasteiger partial charge on any atom is 0.259 e. The number of fused-ring (bicyclic) bond motifs is 4. The number of likely N-dealkylation sites (tertiary alicyclic amines) is 1. The number of aryl methyl sites for hydroxylation is 2. The standard InChI is InChI=1S/C35H41N5O5/c1-22-34(43)40-20-25-18-27(21-39(19-25)35(44)31-23(2)45-38-32(31)26-12-7-4-8-13-26)29(40)14-9-15-30(41)37-28(33(42)36-22)17-16-24-10-5-3-6-11-24/h3-8,10-13,22,25,27-29H,9,14-21H2,1-2H3,(H,36,42)(H,37,41)/t22-,25+,27-,28+,29+/m1/s1. The first kappa shape index (κ1) is 30.6. The van der Waals surface area contributed by atoms with E-state index in [0.717, 1.165) is 17.5 Å². The second kappa shape index (κ2) is 13.3. The highest BCUT2D eigenvalue weighted by Crippen LogP contribution is 2.37. The van der Waals surface area contributed by atoms with Gasteiger partial charge in [0.25, 0.3) is 5.91 Å². The van der Waals surface area contributed by atoms with Crippen LogP contribution < -0.4 is 10.6 Å². The predicted molar refractivity (Wildman–Crippen MR) is 168 cm³/mol. The number of aromatic nitrogens is 1. The molecule has 0 unspecified atom stereocenters. The Bertz CT molecular complexity index is 1540. The van der Waals surface area contributed by atoms with Gasteiger partial charge in [-0.3, -0.25) is 19.2 Å². The Morgan fingerprint density at radius 1 is 0.978 bits per heavy atom.